The van der Waals surface area contributed by atoms with Crippen molar-refractivity contribution in [1.29, 1.82) is 0 Å². The molecule has 2 aliphatic rings. The zero-order valence-corrected chi connectivity index (χ0v) is 21.1. The third-order valence-electron chi connectivity index (χ3n) is 7.17. The number of H-pyrrole nitrogens is 1. The SMILES string of the molecule is Cc1nc([C@H]2CC[C@H](C(F)(F)F)CC2)sc1C(OCc1ccc(-c2noc(=O)[nH]2)c(C2CC2)c1)C(F)(F)F. The Hall–Kier alpha value is -2.67. The minimum atomic E-state index is -4.71. The van der Waals surface area contributed by atoms with E-state index in [0.29, 0.717) is 16.1 Å². The second kappa shape index (κ2) is 10.1. The number of nitrogens with zero attached hydrogens (tertiary/aromatic N) is 2. The molecule has 3 aromatic rings. The molecule has 206 valence electrons. The third-order valence-corrected chi connectivity index (χ3v) is 8.53. The van der Waals surface area contributed by atoms with Crippen LogP contribution in [0.5, 0.6) is 0 Å². The first-order valence-corrected chi connectivity index (χ1v) is 13.1. The molecule has 13 heteroatoms. The van der Waals surface area contributed by atoms with Crippen molar-refractivity contribution in [2.45, 2.75) is 82.3 Å². The minimum Gasteiger partial charge on any atom is -0.358 e. The van der Waals surface area contributed by atoms with Crippen LogP contribution in [0.3, 0.4) is 0 Å². The van der Waals surface area contributed by atoms with E-state index >= 15 is 0 Å². The van der Waals surface area contributed by atoms with E-state index in [9.17, 15) is 31.1 Å². The molecule has 0 spiro atoms. The van der Waals surface area contributed by atoms with E-state index in [1.54, 1.807) is 18.2 Å². The number of halogens is 6. The Morgan fingerprint density at radius 2 is 1.76 bits per heavy atom. The molecule has 1 N–H and O–H groups in total. The summed E-state index contributed by atoms with van der Waals surface area (Å²) < 4.78 is 91.3. The van der Waals surface area contributed by atoms with Crippen molar-refractivity contribution in [3.05, 3.63) is 55.5 Å². The van der Waals surface area contributed by atoms with Gasteiger partial charge in [-0.1, -0.05) is 23.4 Å². The van der Waals surface area contributed by atoms with Crippen LogP contribution in [0.2, 0.25) is 0 Å². The van der Waals surface area contributed by atoms with E-state index in [4.69, 9.17) is 4.74 Å². The number of benzene rings is 1. The zero-order chi connectivity index (χ0) is 27.2. The summed E-state index contributed by atoms with van der Waals surface area (Å²) in [6, 6.07) is 5.05. The fraction of sp³-hybridized carbons (Fsp3) is 0.560. The molecule has 1 aromatic carbocycles. The molecule has 0 radical (unpaired) electrons. The van der Waals surface area contributed by atoms with Gasteiger partial charge in [-0.2, -0.15) is 26.3 Å². The summed E-state index contributed by atoms with van der Waals surface area (Å²) in [4.78, 5) is 18.1. The number of hydrogen-bond donors (Lipinski definition) is 1. The molecule has 0 amide bonds. The molecule has 1 unspecified atom stereocenters. The van der Waals surface area contributed by atoms with Crippen LogP contribution >= 0.6 is 11.3 Å². The average molecular weight is 562 g/mol. The second-order valence-electron chi connectivity index (χ2n) is 9.96. The molecule has 2 aromatic heterocycles. The van der Waals surface area contributed by atoms with Crippen LogP contribution in [-0.2, 0) is 11.3 Å². The fourth-order valence-corrected chi connectivity index (χ4v) is 6.32. The highest BCUT2D eigenvalue weighted by molar-refractivity contribution is 7.11. The number of alkyl halides is 6. The van der Waals surface area contributed by atoms with Crippen molar-refractivity contribution in [1.82, 2.24) is 15.1 Å². The van der Waals surface area contributed by atoms with Crippen molar-refractivity contribution in [2.75, 3.05) is 0 Å². The standard InChI is InChI=1S/C25H25F6N3O3S/c1-12-19(38-22(32-12)15-5-7-16(8-6-15)24(26,27)28)20(25(29,30)31)36-11-13-2-9-17(18(10-13)14-3-4-14)21-33-23(35)37-34-21/h2,9-10,14-16,20H,3-8,11H2,1H3,(H,33,34,35)/t15-,16-,20?. The van der Waals surface area contributed by atoms with Crippen molar-refractivity contribution in [2.24, 2.45) is 5.92 Å². The maximum atomic E-state index is 14.1. The number of aromatic amines is 1. The summed E-state index contributed by atoms with van der Waals surface area (Å²) in [7, 11) is 0. The summed E-state index contributed by atoms with van der Waals surface area (Å²) in [6.07, 6.45) is -8.98. The maximum absolute atomic E-state index is 14.1. The Morgan fingerprint density at radius 3 is 2.34 bits per heavy atom. The van der Waals surface area contributed by atoms with Crippen molar-refractivity contribution < 1.29 is 35.6 Å². The number of hydrogen-bond acceptors (Lipinski definition) is 6. The van der Waals surface area contributed by atoms with Crippen LogP contribution in [0.15, 0.2) is 27.5 Å². The van der Waals surface area contributed by atoms with E-state index < -0.39 is 30.1 Å². The quantitative estimate of drug-likeness (QED) is 0.306. The summed E-state index contributed by atoms with van der Waals surface area (Å²) in [5, 5.41) is 4.14. The lowest BCUT2D eigenvalue weighted by Crippen LogP contribution is -2.27. The smallest absolute Gasteiger partial charge is 0.358 e. The van der Waals surface area contributed by atoms with Gasteiger partial charge in [-0.3, -0.25) is 9.51 Å². The number of thiazole rings is 1. The first kappa shape index (κ1) is 26.9. The fourth-order valence-electron chi connectivity index (χ4n) is 5.01. The average Bonchev–Trinajstić information content (AvgIpc) is 3.50. The van der Waals surface area contributed by atoms with Gasteiger partial charge in [0.05, 0.1) is 28.1 Å². The Balaban J connectivity index is 1.33. The molecule has 0 saturated heterocycles. The topological polar surface area (TPSA) is 81.0 Å². The summed E-state index contributed by atoms with van der Waals surface area (Å²) >= 11 is 0.875. The largest absolute Gasteiger partial charge is 0.439 e. The van der Waals surface area contributed by atoms with Crippen molar-refractivity contribution >= 4 is 11.3 Å². The number of aryl methyl sites for hydroxylation is 1. The van der Waals surface area contributed by atoms with E-state index in [0.717, 1.165) is 29.7 Å². The highest BCUT2D eigenvalue weighted by atomic mass is 32.1. The lowest BCUT2D eigenvalue weighted by atomic mass is 9.82. The zero-order valence-electron chi connectivity index (χ0n) is 20.3. The normalized spacial score (nSPS) is 21.6. The first-order valence-electron chi connectivity index (χ1n) is 12.3. The number of aromatic nitrogens is 3. The van der Waals surface area contributed by atoms with Gasteiger partial charge >= 0.3 is 18.1 Å². The molecular formula is C25H25F6N3O3S. The Bertz CT molecular complexity index is 1330. The molecule has 2 aliphatic carbocycles. The maximum Gasteiger partial charge on any atom is 0.439 e. The summed E-state index contributed by atoms with van der Waals surface area (Å²) in [6.45, 7) is 1.15. The van der Waals surface area contributed by atoms with Gasteiger partial charge in [0.25, 0.3) is 0 Å². The molecule has 38 heavy (non-hydrogen) atoms. The Labute approximate surface area is 217 Å². The summed E-state index contributed by atoms with van der Waals surface area (Å²) in [5.41, 5.74) is 2.21. The molecule has 1 atom stereocenters. The highest BCUT2D eigenvalue weighted by Crippen LogP contribution is 2.47. The highest BCUT2D eigenvalue weighted by Gasteiger charge is 2.45. The van der Waals surface area contributed by atoms with Gasteiger partial charge in [0.2, 0.25) is 0 Å². The first-order chi connectivity index (χ1) is 17.9. The molecule has 0 bridgehead atoms. The molecule has 2 heterocycles. The van der Waals surface area contributed by atoms with Gasteiger partial charge in [-0.15, -0.1) is 11.3 Å². The Kier molecular flexibility index (Phi) is 7.18. The molecular weight excluding hydrogens is 536 g/mol. The van der Waals surface area contributed by atoms with E-state index in [2.05, 4.69) is 19.6 Å². The molecule has 2 saturated carbocycles. The predicted molar refractivity (Wildman–Crippen MR) is 126 cm³/mol. The number of rotatable bonds is 7. The van der Waals surface area contributed by atoms with Gasteiger partial charge in [-0.05, 0) is 62.5 Å². The van der Waals surface area contributed by atoms with Gasteiger partial charge in [0.1, 0.15) is 0 Å². The molecule has 2 fully saturated rings. The van der Waals surface area contributed by atoms with E-state index in [-0.39, 0.29) is 60.5 Å². The van der Waals surface area contributed by atoms with Gasteiger partial charge in [0.15, 0.2) is 11.9 Å². The van der Waals surface area contributed by atoms with Gasteiger partial charge in [-0.25, -0.2) is 9.78 Å². The van der Waals surface area contributed by atoms with Crippen molar-refractivity contribution in [3.8, 4) is 11.4 Å². The number of ether oxygens (including phenoxy) is 1. The minimum absolute atomic E-state index is 0.0527. The van der Waals surface area contributed by atoms with Crippen LogP contribution in [0.1, 0.15) is 83.2 Å². The van der Waals surface area contributed by atoms with Crippen LogP contribution in [0.25, 0.3) is 11.4 Å². The van der Waals surface area contributed by atoms with Crippen LogP contribution < -0.4 is 5.76 Å². The van der Waals surface area contributed by atoms with Crippen LogP contribution in [0, 0.1) is 12.8 Å². The Morgan fingerprint density at radius 1 is 1.08 bits per heavy atom. The lowest BCUT2D eigenvalue weighted by Gasteiger charge is -2.28. The van der Waals surface area contributed by atoms with Gasteiger partial charge < -0.3 is 4.74 Å². The molecule has 6 nitrogen and oxygen atoms in total. The van der Waals surface area contributed by atoms with E-state index in [1.807, 2.05) is 0 Å². The second-order valence-corrected chi connectivity index (χ2v) is 11.0. The predicted octanol–water partition coefficient (Wildman–Crippen LogP) is 7.33. The van der Waals surface area contributed by atoms with Crippen LogP contribution in [-0.4, -0.2) is 27.5 Å². The van der Waals surface area contributed by atoms with Gasteiger partial charge in [0, 0.05) is 11.5 Å². The lowest BCUT2D eigenvalue weighted by molar-refractivity contribution is -0.226. The van der Waals surface area contributed by atoms with Crippen LogP contribution in [0.4, 0.5) is 26.3 Å². The number of nitrogens with one attached hydrogen (secondary N) is 1. The van der Waals surface area contributed by atoms with E-state index in [1.165, 1.54) is 6.92 Å². The summed E-state index contributed by atoms with van der Waals surface area (Å²) in [5.74, 6) is -1.90. The third kappa shape index (κ3) is 5.83. The molecule has 0 aliphatic heterocycles. The van der Waals surface area contributed by atoms with Crippen molar-refractivity contribution in [3.63, 3.8) is 0 Å². The molecule has 5 rings (SSSR count). The monoisotopic (exact) mass is 561 g/mol.